The Hall–Kier alpha value is -1.92. The summed E-state index contributed by atoms with van der Waals surface area (Å²) in [4.78, 5) is 0. The van der Waals surface area contributed by atoms with Crippen molar-refractivity contribution < 1.29 is 40.4 Å². The molecule has 23 heavy (non-hydrogen) atoms. The monoisotopic (exact) mass is 347 g/mol. The van der Waals surface area contributed by atoms with E-state index in [4.69, 9.17) is 13.3 Å². The minimum Gasteiger partial charge on any atom is -0.299 e. The van der Waals surface area contributed by atoms with E-state index in [-0.39, 0.29) is 5.46 Å². The number of quaternary nitrogens is 1. The molecule has 4 nitrogen and oxygen atoms in total. The van der Waals surface area contributed by atoms with Crippen molar-refractivity contribution in [3.8, 4) is 0 Å². The maximum absolute atomic E-state index is 13.2. The van der Waals surface area contributed by atoms with Crippen LogP contribution in [0.4, 0.5) is 35.1 Å². The lowest BCUT2D eigenvalue weighted by molar-refractivity contribution is -0.539. The molecule has 0 saturated carbocycles. The number of halogens is 8. The maximum atomic E-state index is 13.2. The molecule has 0 unspecified atom stereocenters. The first-order chi connectivity index (χ1) is 10.2. The molecule has 0 aliphatic rings. The van der Waals surface area contributed by atoms with Crippen LogP contribution in [0.5, 0.6) is 0 Å². The first kappa shape index (κ1) is 19.1. The van der Waals surface area contributed by atoms with Gasteiger partial charge in [-0.2, -0.15) is 44.9 Å². The average Bonchev–Trinajstić information content (AvgIpc) is 2.78. The number of rotatable bonds is 4. The Morgan fingerprint density at radius 2 is 1.70 bits per heavy atom. The molecule has 0 aliphatic heterocycles. The van der Waals surface area contributed by atoms with E-state index in [0.29, 0.717) is 10.00 Å². The molecule has 13 heteroatoms. The molecule has 0 spiro atoms. The number of alkyl halides is 8. The Balaban J connectivity index is 3.64. The first-order valence-electron chi connectivity index (χ1n) is 5.68. The third-order valence-electron chi connectivity index (χ3n) is 2.58. The third-order valence-corrected chi connectivity index (χ3v) is 2.58. The molecule has 0 fully saturated rings. The van der Waals surface area contributed by atoms with E-state index < -0.39 is 35.4 Å². The molecular formula is C10H8BF8N4+. The normalized spacial score (nSPS) is 14.7. The fourth-order valence-corrected chi connectivity index (χ4v) is 1.57. The fourth-order valence-electron chi connectivity index (χ4n) is 1.57. The number of allylic oxidation sites excluding steroid dienone is 1. The molecule has 1 heterocycles. The Morgan fingerprint density at radius 3 is 2.00 bits per heavy atom. The van der Waals surface area contributed by atoms with Gasteiger partial charge in [0.25, 0.3) is 0 Å². The molecular weight excluding hydrogens is 339 g/mol. The van der Waals surface area contributed by atoms with E-state index in [2.05, 4.69) is 5.10 Å². The van der Waals surface area contributed by atoms with Gasteiger partial charge in [0.2, 0.25) is 5.82 Å². The van der Waals surface area contributed by atoms with Crippen LogP contribution in [0.1, 0.15) is 0 Å². The third kappa shape index (κ3) is 3.71. The molecule has 126 valence electrons. The summed E-state index contributed by atoms with van der Waals surface area (Å²) in [5.74, 6) is -7.17. The van der Waals surface area contributed by atoms with Crippen LogP contribution >= 0.6 is 0 Å². The van der Waals surface area contributed by atoms with Crippen molar-refractivity contribution in [2.24, 2.45) is 0 Å². The number of nitrogens with zero attached hydrogens (tertiary/aromatic N) is 2. The van der Waals surface area contributed by atoms with E-state index in [1.54, 1.807) is 0 Å². The van der Waals surface area contributed by atoms with Crippen LogP contribution in [0, 0.1) is 5.41 Å². The summed E-state index contributed by atoms with van der Waals surface area (Å²) in [5, 5.41) is 10.7. The summed E-state index contributed by atoms with van der Waals surface area (Å²) in [5.41, 5.74) is -5.55. The predicted octanol–water partition coefficient (Wildman–Crippen LogP) is 0.818. The Bertz CT molecular complexity index is 628. The van der Waals surface area contributed by atoms with Gasteiger partial charge >= 0.3 is 18.3 Å². The smallest absolute Gasteiger partial charge is 0.299 e. The van der Waals surface area contributed by atoms with Crippen LogP contribution in [0.2, 0.25) is 0 Å². The molecule has 2 radical (unpaired) electrons. The molecule has 0 saturated heterocycles. The average molecular weight is 347 g/mol. The van der Waals surface area contributed by atoms with Crippen LogP contribution in [0.15, 0.2) is 18.0 Å². The first-order valence-corrected chi connectivity index (χ1v) is 5.68. The topological polar surface area (TPSA) is 58.3 Å². The van der Waals surface area contributed by atoms with Crippen LogP contribution in [0.25, 0.3) is 5.82 Å². The quantitative estimate of drug-likeness (QED) is 0.473. The second kappa shape index (κ2) is 5.94. The maximum Gasteiger partial charge on any atom is 0.459 e. The highest BCUT2D eigenvalue weighted by molar-refractivity contribution is 6.32. The molecule has 1 rings (SSSR count). The van der Waals surface area contributed by atoms with Gasteiger partial charge in [-0.15, -0.1) is 0 Å². The summed E-state index contributed by atoms with van der Waals surface area (Å²) in [7, 11) is 6.18. The van der Waals surface area contributed by atoms with Gasteiger partial charge in [0, 0.05) is 12.4 Å². The van der Waals surface area contributed by atoms with Crippen LogP contribution in [-0.2, 0) is 0 Å². The molecule has 0 aliphatic carbocycles. The highest BCUT2D eigenvalue weighted by Crippen LogP contribution is 2.42. The van der Waals surface area contributed by atoms with Crippen molar-refractivity contribution in [1.29, 1.82) is 5.41 Å². The van der Waals surface area contributed by atoms with E-state index in [1.165, 1.54) is 0 Å². The second-order valence-electron chi connectivity index (χ2n) is 4.21. The summed E-state index contributed by atoms with van der Waals surface area (Å²) in [6.45, 7) is 0. The lowest BCUT2D eigenvalue weighted by atomic mass is 10.0. The van der Waals surface area contributed by atoms with Crippen molar-refractivity contribution in [1.82, 2.24) is 9.78 Å². The highest BCUT2D eigenvalue weighted by Gasteiger charge is 2.65. The lowest BCUT2D eigenvalue weighted by Crippen LogP contribution is -2.78. The Labute approximate surface area is 125 Å². The van der Waals surface area contributed by atoms with Gasteiger partial charge in [0.1, 0.15) is 13.6 Å². The van der Waals surface area contributed by atoms with Gasteiger partial charge in [-0.05, 0) is 0 Å². The Morgan fingerprint density at radius 1 is 1.17 bits per heavy atom. The van der Waals surface area contributed by atoms with E-state index in [1.807, 2.05) is 0 Å². The van der Waals surface area contributed by atoms with Crippen molar-refractivity contribution in [3.63, 3.8) is 0 Å². The van der Waals surface area contributed by atoms with E-state index in [9.17, 15) is 35.1 Å². The van der Waals surface area contributed by atoms with Crippen LogP contribution < -0.4 is 10.8 Å². The number of aromatic nitrogens is 2. The number of nitrogens with two attached hydrogens (primary N) is 1. The summed E-state index contributed by atoms with van der Waals surface area (Å²) in [6, 6.07) is 0. The lowest BCUT2D eigenvalue weighted by Gasteiger charge is -2.23. The SMILES string of the molecule is [B]c1cnn(C([NH2+]C)=C(C(=N)C(F)(F)C(F)(F)F)C(F)(F)F)c1. The predicted molar refractivity (Wildman–Crippen MR) is 63.5 cm³/mol. The molecule has 3 N–H and O–H groups in total. The minimum atomic E-state index is -6.36. The zero-order valence-corrected chi connectivity index (χ0v) is 11.2. The molecule has 1 aromatic rings. The number of nitrogens with one attached hydrogen (secondary N) is 1. The molecule has 0 amide bonds. The number of hydrogen-bond acceptors (Lipinski definition) is 2. The number of hydrogen-bond donors (Lipinski definition) is 2. The second-order valence-corrected chi connectivity index (χ2v) is 4.21. The summed E-state index contributed by atoms with van der Waals surface area (Å²) >= 11 is 0. The van der Waals surface area contributed by atoms with Gasteiger partial charge in [-0.3, -0.25) is 10.7 Å². The minimum absolute atomic E-state index is 0.153. The van der Waals surface area contributed by atoms with Gasteiger partial charge < -0.3 is 0 Å². The van der Waals surface area contributed by atoms with Gasteiger partial charge in [-0.25, -0.2) is 0 Å². The standard InChI is InChI=1S/C10H7BF8N4/c1-21-7(23-3-4(11)2-22-23)5(9(14,15)16)6(20)8(12,13)10(17,18)19/h2-3,20-21H,1H3/p+1. The van der Waals surface area contributed by atoms with Crippen LogP contribution in [0.3, 0.4) is 0 Å². The van der Waals surface area contributed by atoms with Crippen LogP contribution in [-0.4, -0.2) is 48.7 Å². The Kier molecular flexibility index (Phi) is 4.94. The van der Waals surface area contributed by atoms with Crippen molar-refractivity contribution in [2.75, 3.05) is 7.05 Å². The van der Waals surface area contributed by atoms with E-state index >= 15 is 0 Å². The van der Waals surface area contributed by atoms with E-state index in [0.717, 1.165) is 19.4 Å². The van der Waals surface area contributed by atoms with Crippen molar-refractivity contribution in [2.45, 2.75) is 18.3 Å². The zero-order valence-electron chi connectivity index (χ0n) is 11.2. The summed E-state index contributed by atoms with van der Waals surface area (Å²) in [6.07, 6.45) is -10.4. The zero-order chi connectivity index (χ0) is 18.2. The molecule has 1 aromatic heterocycles. The molecule has 0 aromatic carbocycles. The van der Waals surface area contributed by atoms with Gasteiger partial charge in [0.15, 0.2) is 5.57 Å². The molecule has 0 atom stereocenters. The largest absolute Gasteiger partial charge is 0.459 e. The summed E-state index contributed by atoms with van der Waals surface area (Å²) < 4.78 is 103. The van der Waals surface area contributed by atoms with Gasteiger partial charge in [0.05, 0.1) is 7.05 Å². The van der Waals surface area contributed by atoms with Gasteiger partial charge in [-0.1, -0.05) is 5.46 Å². The molecule has 0 bridgehead atoms. The van der Waals surface area contributed by atoms with Crippen molar-refractivity contribution >= 4 is 24.8 Å². The fraction of sp³-hybridized carbons (Fsp3) is 0.400. The highest BCUT2D eigenvalue weighted by atomic mass is 19.4. The van der Waals surface area contributed by atoms with Crippen molar-refractivity contribution in [3.05, 3.63) is 18.0 Å².